The van der Waals surface area contributed by atoms with Gasteiger partial charge in [-0.15, -0.1) is 0 Å². The summed E-state index contributed by atoms with van der Waals surface area (Å²) in [5.41, 5.74) is 0.212. The predicted molar refractivity (Wildman–Crippen MR) is 55.5 cm³/mol. The van der Waals surface area contributed by atoms with E-state index in [0.29, 0.717) is 5.75 Å². The highest BCUT2D eigenvalue weighted by Gasteiger charge is 2.14. The second kappa shape index (κ2) is 4.54. The lowest BCUT2D eigenvalue weighted by molar-refractivity contribution is -0.114. The van der Waals surface area contributed by atoms with Gasteiger partial charge in [-0.25, -0.2) is 0 Å². The van der Waals surface area contributed by atoms with Gasteiger partial charge in [0.1, 0.15) is 11.4 Å². The molecule has 1 rings (SSSR count). The van der Waals surface area contributed by atoms with Gasteiger partial charge in [-0.3, -0.25) is 4.79 Å². The third-order valence-corrected chi connectivity index (χ3v) is 1.84. The van der Waals surface area contributed by atoms with Gasteiger partial charge >= 0.3 is 0 Å². The highest BCUT2D eigenvalue weighted by atomic mass is 16.5. The van der Waals surface area contributed by atoms with E-state index in [1.165, 1.54) is 21.1 Å². The van der Waals surface area contributed by atoms with Crippen LogP contribution in [-0.4, -0.2) is 25.2 Å². The number of methoxy groups -OCH3 is 2. The number of ether oxygens (including phenoxy) is 2. The van der Waals surface area contributed by atoms with Crippen LogP contribution in [0.3, 0.4) is 0 Å². The molecule has 0 fully saturated rings. The molecule has 5 heteroatoms. The van der Waals surface area contributed by atoms with Crippen LogP contribution in [0, 0.1) is 0 Å². The largest absolute Gasteiger partial charge is 0.503 e. The lowest BCUT2D eigenvalue weighted by Gasteiger charge is -2.13. The second-order valence-electron chi connectivity index (χ2n) is 2.87. The van der Waals surface area contributed by atoms with Gasteiger partial charge in [0.05, 0.1) is 14.2 Å². The van der Waals surface area contributed by atoms with Crippen molar-refractivity contribution in [1.82, 2.24) is 0 Å². The van der Waals surface area contributed by atoms with Crippen LogP contribution in [0.4, 0.5) is 5.69 Å². The zero-order valence-corrected chi connectivity index (χ0v) is 8.83. The first kappa shape index (κ1) is 11.2. The lowest BCUT2D eigenvalue weighted by Crippen LogP contribution is -2.07. The molecule has 0 bridgehead atoms. The maximum Gasteiger partial charge on any atom is 0.221 e. The van der Waals surface area contributed by atoms with Gasteiger partial charge in [-0.1, -0.05) is 0 Å². The molecule has 0 atom stereocenters. The molecule has 82 valence electrons. The van der Waals surface area contributed by atoms with Crippen molar-refractivity contribution in [2.45, 2.75) is 6.92 Å². The van der Waals surface area contributed by atoms with Crippen molar-refractivity contribution in [3.8, 4) is 17.2 Å². The number of anilines is 1. The Bertz CT molecular complexity index is 376. The van der Waals surface area contributed by atoms with Crippen LogP contribution in [0.2, 0.25) is 0 Å². The van der Waals surface area contributed by atoms with E-state index in [-0.39, 0.29) is 23.1 Å². The molecule has 0 saturated carbocycles. The summed E-state index contributed by atoms with van der Waals surface area (Å²) >= 11 is 0. The first-order valence-electron chi connectivity index (χ1n) is 4.31. The lowest BCUT2D eigenvalue weighted by atomic mass is 10.2. The molecule has 1 aromatic rings. The minimum absolute atomic E-state index is 0.146. The number of amides is 1. The molecule has 0 aliphatic rings. The fraction of sp³-hybridized carbons (Fsp3) is 0.300. The quantitative estimate of drug-likeness (QED) is 0.741. The third-order valence-electron chi connectivity index (χ3n) is 1.84. The third kappa shape index (κ3) is 2.31. The summed E-state index contributed by atoms with van der Waals surface area (Å²) in [6.45, 7) is 1.35. The molecule has 0 aromatic heterocycles. The number of aromatic hydroxyl groups is 1. The highest BCUT2D eigenvalue weighted by molar-refractivity contribution is 5.93. The van der Waals surface area contributed by atoms with E-state index in [4.69, 9.17) is 9.47 Å². The van der Waals surface area contributed by atoms with Gasteiger partial charge in [0.15, 0.2) is 11.5 Å². The predicted octanol–water partition coefficient (Wildman–Crippen LogP) is 1.37. The van der Waals surface area contributed by atoms with Gasteiger partial charge < -0.3 is 19.9 Å². The number of nitrogens with one attached hydrogen (secondary N) is 1. The molecule has 0 unspecified atom stereocenters. The zero-order chi connectivity index (χ0) is 11.4. The number of rotatable bonds is 3. The summed E-state index contributed by atoms with van der Waals surface area (Å²) < 4.78 is 9.91. The van der Waals surface area contributed by atoms with Crippen LogP contribution in [0.25, 0.3) is 0 Å². The SMILES string of the molecule is COc1ccc(OC)c(NC(C)=O)c1O. The second-order valence-corrected chi connectivity index (χ2v) is 2.87. The molecule has 0 spiro atoms. The number of phenols is 1. The number of hydrogen-bond acceptors (Lipinski definition) is 4. The molecule has 0 aliphatic carbocycles. The fourth-order valence-electron chi connectivity index (χ4n) is 1.19. The van der Waals surface area contributed by atoms with Crippen molar-refractivity contribution in [3.63, 3.8) is 0 Å². The normalized spacial score (nSPS) is 9.53. The van der Waals surface area contributed by atoms with Crippen LogP contribution < -0.4 is 14.8 Å². The van der Waals surface area contributed by atoms with E-state index in [2.05, 4.69) is 5.32 Å². The van der Waals surface area contributed by atoms with Crippen molar-refractivity contribution in [2.75, 3.05) is 19.5 Å². The van der Waals surface area contributed by atoms with Crippen molar-refractivity contribution in [3.05, 3.63) is 12.1 Å². The molecule has 0 radical (unpaired) electrons. The van der Waals surface area contributed by atoms with Crippen LogP contribution >= 0.6 is 0 Å². The molecular formula is C10H13NO4. The maximum atomic E-state index is 10.9. The monoisotopic (exact) mass is 211 g/mol. The Morgan fingerprint density at radius 3 is 2.27 bits per heavy atom. The molecule has 0 aliphatic heterocycles. The average molecular weight is 211 g/mol. The van der Waals surface area contributed by atoms with Crippen LogP contribution in [0.1, 0.15) is 6.92 Å². The number of hydrogen-bond donors (Lipinski definition) is 2. The van der Waals surface area contributed by atoms with Crippen LogP contribution in [-0.2, 0) is 4.79 Å². The molecule has 1 aromatic carbocycles. The van der Waals surface area contributed by atoms with Gasteiger partial charge in [0, 0.05) is 6.92 Å². The Hall–Kier alpha value is -1.91. The molecule has 15 heavy (non-hydrogen) atoms. The van der Waals surface area contributed by atoms with E-state index < -0.39 is 0 Å². The molecule has 0 saturated heterocycles. The first-order chi connectivity index (χ1) is 7.10. The smallest absolute Gasteiger partial charge is 0.221 e. The number of phenolic OH excluding ortho intramolecular Hbond substituents is 1. The molecule has 2 N–H and O–H groups in total. The Morgan fingerprint density at radius 2 is 1.80 bits per heavy atom. The number of carbonyl (C=O) groups is 1. The number of benzene rings is 1. The average Bonchev–Trinajstić information content (AvgIpc) is 2.20. The molecular weight excluding hydrogens is 198 g/mol. The summed E-state index contributed by atoms with van der Waals surface area (Å²) in [5, 5.41) is 12.2. The molecule has 0 heterocycles. The highest BCUT2D eigenvalue weighted by Crippen LogP contribution is 2.40. The Balaban J connectivity index is 3.22. The molecule has 1 amide bonds. The Kier molecular flexibility index (Phi) is 3.38. The van der Waals surface area contributed by atoms with Gasteiger partial charge in [0.25, 0.3) is 0 Å². The number of carbonyl (C=O) groups excluding carboxylic acids is 1. The fourth-order valence-corrected chi connectivity index (χ4v) is 1.19. The van der Waals surface area contributed by atoms with Crippen molar-refractivity contribution in [2.24, 2.45) is 0 Å². The van der Waals surface area contributed by atoms with E-state index in [1.54, 1.807) is 12.1 Å². The Morgan fingerprint density at radius 1 is 1.27 bits per heavy atom. The van der Waals surface area contributed by atoms with Crippen LogP contribution in [0.5, 0.6) is 17.2 Å². The summed E-state index contributed by atoms with van der Waals surface area (Å²) in [7, 11) is 2.88. The zero-order valence-electron chi connectivity index (χ0n) is 8.83. The van der Waals surface area contributed by atoms with Gasteiger partial charge in [-0.2, -0.15) is 0 Å². The minimum Gasteiger partial charge on any atom is -0.503 e. The van der Waals surface area contributed by atoms with Gasteiger partial charge in [-0.05, 0) is 12.1 Å². The summed E-state index contributed by atoms with van der Waals surface area (Å²) in [6.07, 6.45) is 0. The van der Waals surface area contributed by atoms with E-state index in [0.717, 1.165) is 0 Å². The molecule has 5 nitrogen and oxygen atoms in total. The standard InChI is InChI=1S/C10H13NO4/c1-6(12)11-9-7(14-2)4-5-8(15-3)10(9)13/h4-5,13H,1-3H3,(H,11,12). The maximum absolute atomic E-state index is 10.9. The van der Waals surface area contributed by atoms with Gasteiger partial charge in [0.2, 0.25) is 5.91 Å². The minimum atomic E-state index is -0.295. The topological polar surface area (TPSA) is 67.8 Å². The van der Waals surface area contributed by atoms with E-state index in [9.17, 15) is 9.90 Å². The summed E-state index contributed by atoms with van der Waals surface area (Å²) in [4.78, 5) is 10.9. The van der Waals surface area contributed by atoms with E-state index >= 15 is 0 Å². The van der Waals surface area contributed by atoms with Crippen molar-refractivity contribution in [1.29, 1.82) is 0 Å². The summed E-state index contributed by atoms with van der Waals surface area (Å²) in [6, 6.07) is 3.16. The Labute approximate surface area is 87.6 Å². The summed E-state index contributed by atoms with van der Waals surface area (Å²) in [5.74, 6) is 0.215. The van der Waals surface area contributed by atoms with Crippen LogP contribution in [0.15, 0.2) is 12.1 Å². The van der Waals surface area contributed by atoms with Crippen molar-refractivity contribution >= 4 is 11.6 Å². The first-order valence-corrected chi connectivity index (χ1v) is 4.31. The van der Waals surface area contributed by atoms with Crippen molar-refractivity contribution < 1.29 is 19.4 Å². The van der Waals surface area contributed by atoms with E-state index in [1.807, 2.05) is 0 Å².